The van der Waals surface area contributed by atoms with E-state index in [1.807, 2.05) is 0 Å². The minimum atomic E-state index is -0.888. The first-order valence-corrected chi connectivity index (χ1v) is 6.01. The predicted octanol–water partition coefficient (Wildman–Crippen LogP) is 1.28. The zero-order chi connectivity index (χ0) is 14.0. The molecule has 102 valence electrons. The lowest BCUT2D eigenvalue weighted by molar-refractivity contribution is -0.122. The van der Waals surface area contributed by atoms with Crippen molar-refractivity contribution in [3.8, 4) is 0 Å². The van der Waals surface area contributed by atoms with Crippen LogP contribution >= 0.6 is 0 Å². The van der Waals surface area contributed by atoms with Crippen LogP contribution in [0.2, 0.25) is 0 Å². The lowest BCUT2D eigenvalue weighted by atomic mass is 10.1. The summed E-state index contributed by atoms with van der Waals surface area (Å²) in [6.07, 6.45) is 0.760. The summed E-state index contributed by atoms with van der Waals surface area (Å²) in [5.74, 6) is -2.61. The molecule has 1 aliphatic heterocycles. The number of piperidine rings is 1. The van der Waals surface area contributed by atoms with Gasteiger partial charge in [0.2, 0.25) is 5.91 Å². The van der Waals surface area contributed by atoms with Crippen molar-refractivity contribution in [1.82, 2.24) is 10.6 Å². The van der Waals surface area contributed by atoms with E-state index >= 15 is 0 Å². The van der Waals surface area contributed by atoms with E-state index < -0.39 is 23.1 Å². The monoisotopic (exact) mass is 268 g/mol. The molecule has 1 aliphatic rings. The van der Waals surface area contributed by atoms with Gasteiger partial charge < -0.3 is 10.6 Å². The van der Waals surface area contributed by atoms with Gasteiger partial charge in [-0.15, -0.1) is 0 Å². The molecule has 0 spiro atoms. The third kappa shape index (κ3) is 2.89. The van der Waals surface area contributed by atoms with Crippen LogP contribution < -0.4 is 10.6 Å². The lowest BCUT2D eigenvalue weighted by Crippen LogP contribution is -2.48. The number of hydrogen-bond donors (Lipinski definition) is 2. The Morgan fingerprint density at radius 3 is 2.79 bits per heavy atom. The Balaban J connectivity index is 2.12. The fourth-order valence-corrected chi connectivity index (χ4v) is 1.98. The van der Waals surface area contributed by atoms with Crippen LogP contribution in [0.25, 0.3) is 0 Å². The van der Waals surface area contributed by atoms with E-state index in [-0.39, 0.29) is 24.1 Å². The summed E-state index contributed by atoms with van der Waals surface area (Å²) < 4.78 is 27.3. The quantitative estimate of drug-likeness (QED) is 0.849. The highest BCUT2D eigenvalue weighted by Gasteiger charge is 2.24. The van der Waals surface area contributed by atoms with Crippen LogP contribution in [0.1, 0.15) is 28.8 Å². The maximum absolute atomic E-state index is 13.8. The third-order valence-electron chi connectivity index (χ3n) is 3.11. The van der Waals surface area contributed by atoms with Crippen molar-refractivity contribution in [3.63, 3.8) is 0 Å². The summed E-state index contributed by atoms with van der Waals surface area (Å²) in [5, 5.41) is 5.12. The summed E-state index contributed by atoms with van der Waals surface area (Å²) in [6, 6.07) is 2.04. The largest absolute Gasteiger partial charge is 0.354 e. The third-order valence-corrected chi connectivity index (χ3v) is 3.11. The van der Waals surface area contributed by atoms with Crippen LogP contribution in [0.3, 0.4) is 0 Å². The number of amides is 2. The van der Waals surface area contributed by atoms with Gasteiger partial charge >= 0.3 is 0 Å². The first-order chi connectivity index (χ1) is 8.99. The fraction of sp³-hybridized carbons (Fsp3) is 0.385. The standard InChI is InChI=1S/C13H14F2N2O2/c1-7-2-4-9(14)11(12(7)15)13(19)17-8-3-5-10(18)16-6-8/h2,4,8H,3,5-6H2,1H3,(H,16,18)(H,17,19). The number of rotatable bonds is 2. The van der Waals surface area contributed by atoms with Crippen LogP contribution in [0, 0.1) is 18.6 Å². The number of halogens is 2. The normalized spacial score (nSPS) is 18.9. The second-order valence-electron chi connectivity index (χ2n) is 4.57. The minimum Gasteiger partial charge on any atom is -0.354 e. The molecule has 0 aliphatic carbocycles. The Morgan fingerprint density at radius 1 is 1.42 bits per heavy atom. The molecule has 1 fully saturated rings. The number of carbonyl (C=O) groups is 2. The second kappa shape index (κ2) is 5.34. The molecular weight excluding hydrogens is 254 g/mol. The maximum atomic E-state index is 13.8. The molecule has 1 heterocycles. The van der Waals surface area contributed by atoms with Gasteiger partial charge in [-0.3, -0.25) is 9.59 Å². The number of nitrogens with one attached hydrogen (secondary N) is 2. The highest BCUT2D eigenvalue weighted by atomic mass is 19.1. The second-order valence-corrected chi connectivity index (χ2v) is 4.57. The molecule has 2 N–H and O–H groups in total. The van der Waals surface area contributed by atoms with Crippen LogP contribution in [0.5, 0.6) is 0 Å². The predicted molar refractivity (Wildman–Crippen MR) is 64.6 cm³/mol. The van der Waals surface area contributed by atoms with E-state index in [0.717, 1.165) is 6.07 Å². The summed E-state index contributed by atoms with van der Waals surface area (Å²) in [7, 11) is 0. The molecule has 1 aromatic carbocycles. The maximum Gasteiger partial charge on any atom is 0.257 e. The number of carbonyl (C=O) groups excluding carboxylic acids is 2. The lowest BCUT2D eigenvalue weighted by Gasteiger charge is -2.23. The zero-order valence-corrected chi connectivity index (χ0v) is 10.4. The van der Waals surface area contributed by atoms with Crippen molar-refractivity contribution in [2.24, 2.45) is 0 Å². The van der Waals surface area contributed by atoms with E-state index in [0.29, 0.717) is 12.8 Å². The number of benzene rings is 1. The van der Waals surface area contributed by atoms with Gasteiger partial charge in [0.05, 0.1) is 0 Å². The first-order valence-electron chi connectivity index (χ1n) is 6.01. The van der Waals surface area contributed by atoms with Gasteiger partial charge in [-0.1, -0.05) is 6.07 Å². The molecule has 4 nitrogen and oxygen atoms in total. The Labute approximate surface area is 109 Å². The minimum absolute atomic E-state index is 0.0848. The highest BCUT2D eigenvalue weighted by molar-refractivity contribution is 5.95. The first kappa shape index (κ1) is 13.5. The van der Waals surface area contributed by atoms with Crippen molar-refractivity contribution < 1.29 is 18.4 Å². The van der Waals surface area contributed by atoms with Crippen LogP contribution in [-0.2, 0) is 4.79 Å². The molecule has 6 heteroatoms. The van der Waals surface area contributed by atoms with Gasteiger partial charge in [-0.2, -0.15) is 0 Å². The van der Waals surface area contributed by atoms with E-state index in [1.54, 1.807) is 0 Å². The summed E-state index contributed by atoms with van der Waals surface area (Å²) >= 11 is 0. The van der Waals surface area contributed by atoms with Crippen LogP contribution in [0.4, 0.5) is 8.78 Å². The smallest absolute Gasteiger partial charge is 0.257 e. The van der Waals surface area contributed by atoms with Crippen molar-refractivity contribution in [1.29, 1.82) is 0 Å². The average Bonchev–Trinajstić information content (AvgIpc) is 2.37. The summed E-state index contributed by atoms with van der Waals surface area (Å²) in [4.78, 5) is 22.9. The molecule has 0 bridgehead atoms. The van der Waals surface area contributed by atoms with Crippen LogP contribution in [0.15, 0.2) is 12.1 Å². The Kier molecular flexibility index (Phi) is 3.78. The molecule has 1 unspecified atom stereocenters. The Morgan fingerprint density at radius 2 is 2.16 bits per heavy atom. The fourth-order valence-electron chi connectivity index (χ4n) is 1.98. The van der Waals surface area contributed by atoms with Gasteiger partial charge in [-0.25, -0.2) is 8.78 Å². The summed E-state index contributed by atoms with van der Waals surface area (Å²) in [5.41, 5.74) is -0.361. The molecule has 1 aromatic rings. The number of hydrogen-bond acceptors (Lipinski definition) is 2. The average molecular weight is 268 g/mol. The highest BCUT2D eigenvalue weighted by Crippen LogP contribution is 2.16. The molecule has 1 atom stereocenters. The van der Waals surface area contributed by atoms with E-state index in [4.69, 9.17) is 0 Å². The van der Waals surface area contributed by atoms with Gasteiger partial charge in [0.15, 0.2) is 0 Å². The number of aryl methyl sites for hydroxylation is 1. The van der Waals surface area contributed by atoms with E-state index in [1.165, 1.54) is 13.0 Å². The molecule has 0 saturated carbocycles. The molecular formula is C13H14F2N2O2. The van der Waals surface area contributed by atoms with Gasteiger partial charge in [0.25, 0.3) is 5.91 Å². The van der Waals surface area contributed by atoms with Crippen molar-refractivity contribution >= 4 is 11.8 Å². The van der Waals surface area contributed by atoms with Crippen LogP contribution in [-0.4, -0.2) is 24.4 Å². The molecule has 19 heavy (non-hydrogen) atoms. The molecule has 0 aromatic heterocycles. The van der Waals surface area contributed by atoms with Gasteiger partial charge in [0, 0.05) is 19.0 Å². The zero-order valence-electron chi connectivity index (χ0n) is 10.4. The Hall–Kier alpha value is -1.98. The van der Waals surface area contributed by atoms with Crippen molar-refractivity contribution in [3.05, 3.63) is 34.9 Å². The van der Waals surface area contributed by atoms with Gasteiger partial charge in [-0.05, 0) is 25.0 Å². The summed E-state index contributed by atoms with van der Waals surface area (Å²) in [6.45, 7) is 1.74. The molecule has 2 rings (SSSR count). The van der Waals surface area contributed by atoms with E-state index in [9.17, 15) is 18.4 Å². The van der Waals surface area contributed by atoms with E-state index in [2.05, 4.69) is 10.6 Å². The molecule has 2 amide bonds. The SMILES string of the molecule is Cc1ccc(F)c(C(=O)NC2CCC(=O)NC2)c1F. The molecule has 0 radical (unpaired) electrons. The topological polar surface area (TPSA) is 58.2 Å². The molecule has 1 saturated heterocycles. The Bertz CT molecular complexity index is 522. The van der Waals surface area contributed by atoms with Crippen molar-refractivity contribution in [2.45, 2.75) is 25.8 Å². The van der Waals surface area contributed by atoms with Crippen molar-refractivity contribution in [2.75, 3.05) is 6.54 Å². The van der Waals surface area contributed by atoms with Gasteiger partial charge in [0.1, 0.15) is 17.2 Å².